The van der Waals surface area contributed by atoms with Crippen molar-refractivity contribution in [3.05, 3.63) is 48.0 Å². The molecule has 27 heavy (non-hydrogen) atoms. The standard InChI is InChI=1S/C20H25F3O4/c1-14-12-25-13-17(11-16-7-4-3-5-8-16)18(15(2)27-19(14)24)26-10-6-9-20(21,22)23/h3-9,14-15,17-18H,10-13H2,1-2H3/b9-6+/t14-,15-,17-,18-/m0/s1. The average molecular weight is 386 g/mol. The first kappa shape index (κ1) is 21.4. The Kier molecular flexibility index (Phi) is 7.86. The van der Waals surface area contributed by atoms with E-state index in [1.54, 1.807) is 13.8 Å². The summed E-state index contributed by atoms with van der Waals surface area (Å²) >= 11 is 0. The quantitative estimate of drug-likeness (QED) is 0.568. The molecule has 0 saturated carbocycles. The largest absolute Gasteiger partial charge is 0.460 e. The topological polar surface area (TPSA) is 44.8 Å². The molecule has 0 bridgehead atoms. The molecule has 1 aromatic carbocycles. The number of hydrogen-bond donors (Lipinski definition) is 0. The summed E-state index contributed by atoms with van der Waals surface area (Å²) in [7, 11) is 0. The van der Waals surface area contributed by atoms with Gasteiger partial charge in [-0.05, 0) is 25.8 Å². The van der Waals surface area contributed by atoms with Crippen LogP contribution in [0.5, 0.6) is 0 Å². The fourth-order valence-electron chi connectivity index (χ4n) is 3.02. The number of carbonyl (C=O) groups is 1. The Bertz CT molecular complexity index is 615. The molecule has 1 heterocycles. The van der Waals surface area contributed by atoms with Crippen LogP contribution in [0.25, 0.3) is 0 Å². The van der Waals surface area contributed by atoms with Gasteiger partial charge in [0.25, 0.3) is 0 Å². The van der Waals surface area contributed by atoms with Crippen molar-refractivity contribution in [1.82, 2.24) is 0 Å². The van der Waals surface area contributed by atoms with Crippen LogP contribution >= 0.6 is 0 Å². The zero-order valence-electron chi connectivity index (χ0n) is 15.4. The van der Waals surface area contributed by atoms with Crippen molar-refractivity contribution in [3.8, 4) is 0 Å². The smallest absolute Gasteiger partial charge is 0.409 e. The summed E-state index contributed by atoms with van der Waals surface area (Å²) in [4.78, 5) is 12.1. The van der Waals surface area contributed by atoms with Crippen LogP contribution in [0.2, 0.25) is 0 Å². The highest BCUT2D eigenvalue weighted by molar-refractivity contribution is 5.72. The summed E-state index contributed by atoms with van der Waals surface area (Å²) < 4.78 is 53.8. The predicted molar refractivity (Wildman–Crippen MR) is 94.1 cm³/mol. The van der Waals surface area contributed by atoms with Gasteiger partial charge in [-0.15, -0.1) is 0 Å². The van der Waals surface area contributed by atoms with Gasteiger partial charge in [-0.2, -0.15) is 13.2 Å². The summed E-state index contributed by atoms with van der Waals surface area (Å²) in [5.41, 5.74) is 1.05. The van der Waals surface area contributed by atoms with Gasteiger partial charge < -0.3 is 14.2 Å². The van der Waals surface area contributed by atoms with Crippen molar-refractivity contribution in [1.29, 1.82) is 0 Å². The highest BCUT2D eigenvalue weighted by atomic mass is 19.4. The lowest BCUT2D eigenvalue weighted by Gasteiger charge is -2.30. The van der Waals surface area contributed by atoms with E-state index in [-0.39, 0.29) is 25.2 Å². The number of ether oxygens (including phenoxy) is 3. The molecule has 1 aliphatic rings. The maximum Gasteiger partial charge on any atom is 0.409 e. The molecule has 4 atom stereocenters. The minimum absolute atomic E-state index is 0.142. The fourth-order valence-corrected chi connectivity index (χ4v) is 3.02. The molecule has 0 amide bonds. The van der Waals surface area contributed by atoms with Crippen molar-refractivity contribution >= 4 is 5.97 Å². The second kappa shape index (κ2) is 9.90. The van der Waals surface area contributed by atoms with E-state index in [1.807, 2.05) is 30.3 Å². The Morgan fingerprint density at radius 2 is 1.89 bits per heavy atom. The number of rotatable bonds is 5. The van der Waals surface area contributed by atoms with Gasteiger partial charge in [-0.25, -0.2) is 0 Å². The van der Waals surface area contributed by atoms with Crippen LogP contribution in [-0.4, -0.2) is 44.2 Å². The van der Waals surface area contributed by atoms with Crippen LogP contribution in [-0.2, 0) is 25.4 Å². The molecule has 7 heteroatoms. The molecule has 150 valence electrons. The van der Waals surface area contributed by atoms with Gasteiger partial charge in [0.15, 0.2) is 0 Å². The summed E-state index contributed by atoms with van der Waals surface area (Å²) in [6, 6.07) is 9.67. The van der Waals surface area contributed by atoms with Gasteiger partial charge in [-0.1, -0.05) is 36.4 Å². The zero-order valence-corrected chi connectivity index (χ0v) is 15.4. The monoisotopic (exact) mass is 386 g/mol. The molecule has 4 nitrogen and oxygen atoms in total. The van der Waals surface area contributed by atoms with Crippen LogP contribution in [0.3, 0.4) is 0 Å². The van der Waals surface area contributed by atoms with E-state index in [4.69, 9.17) is 14.2 Å². The van der Waals surface area contributed by atoms with E-state index >= 15 is 0 Å². The van der Waals surface area contributed by atoms with Crippen LogP contribution in [0, 0.1) is 11.8 Å². The first-order chi connectivity index (χ1) is 12.8. The van der Waals surface area contributed by atoms with E-state index in [0.29, 0.717) is 13.0 Å². The fraction of sp³-hybridized carbons (Fsp3) is 0.550. The van der Waals surface area contributed by atoms with E-state index in [1.165, 1.54) is 0 Å². The SMILES string of the molecule is C[C@@H]1OC(=O)[C@@H](C)COC[C@H](Cc2ccccc2)[C@H]1OC/C=C/C(F)(F)F. The van der Waals surface area contributed by atoms with Gasteiger partial charge in [0.2, 0.25) is 0 Å². The molecular weight excluding hydrogens is 361 g/mol. The van der Waals surface area contributed by atoms with Gasteiger partial charge in [-0.3, -0.25) is 4.79 Å². The van der Waals surface area contributed by atoms with Crippen LogP contribution in [0.15, 0.2) is 42.5 Å². The van der Waals surface area contributed by atoms with E-state index < -0.39 is 30.3 Å². The number of allylic oxidation sites excluding steroid dienone is 1. The Labute approximate surface area is 157 Å². The second-order valence-electron chi connectivity index (χ2n) is 6.77. The lowest BCUT2D eigenvalue weighted by molar-refractivity contribution is -0.161. The Morgan fingerprint density at radius 3 is 2.56 bits per heavy atom. The molecule has 0 N–H and O–H groups in total. The summed E-state index contributed by atoms with van der Waals surface area (Å²) in [6.07, 6.45) is -3.91. The third kappa shape index (κ3) is 7.34. The highest BCUT2D eigenvalue weighted by Gasteiger charge is 2.33. The summed E-state index contributed by atoms with van der Waals surface area (Å²) in [6.45, 7) is 3.75. The van der Waals surface area contributed by atoms with E-state index in [0.717, 1.165) is 11.6 Å². The minimum atomic E-state index is -4.39. The van der Waals surface area contributed by atoms with Crippen molar-refractivity contribution in [2.75, 3.05) is 19.8 Å². The maximum absolute atomic E-state index is 12.3. The van der Waals surface area contributed by atoms with Gasteiger partial charge in [0.05, 0.1) is 31.8 Å². The lowest BCUT2D eigenvalue weighted by atomic mass is 9.91. The number of benzene rings is 1. The Hall–Kier alpha value is -1.86. The molecule has 2 rings (SSSR count). The van der Waals surface area contributed by atoms with Crippen molar-refractivity contribution < 1.29 is 32.2 Å². The average Bonchev–Trinajstić information content (AvgIpc) is 2.64. The van der Waals surface area contributed by atoms with Crippen LogP contribution in [0.1, 0.15) is 19.4 Å². The predicted octanol–water partition coefficient (Wildman–Crippen LogP) is 3.95. The third-order valence-corrected chi connectivity index (χ3v) is 4.36. The highest BCUT2D eigenvalue weighted by Crippen LogP contribution is 2.24. The Morgan fingerprint density at radius 1 is 1.19 bits per heavy atom. The Balaban J connectivity index is 2.15. The normalized spacial score (nSPS) is 27.7. The zero-order chi connectivity index (χ0) is 19.9. The molecule has 0 radical (unpaired) electrons. The number of hydrogen-bond acceptors (Lipinski definition) is 4. The molecule has 1 aliphatic heterocycles. The number of cyclic esters (lactones) is 1. The molecule has 0 unspecified atom stereocenters. The molecule has 1 fully saturated rings. The molecule has 1 aromatic rings. The second-order valence-corrected chi connectivity index (χ2v) is 6.77. The molecule has 0 aliphatic carbocycles. The van der Waals surface area contributed by atoms with Crippen molar-refractivity contribution in [2.24, 2.45) is 11.8 Å². The summed E-state index contributed by atoms with van der Waals surface area (Å²) in [5.74, 6) is -0.976. The third-order valence-electron chi connectivity index (χ3n) is 4.36. The molecule has 0 spiro atoms. The van der Waals surface area contributed by atoms with Crippen molar-refractivity contribution in [3.63, 3.8) is 0 Å². The lowest BCUT2D eigenvalue weighted by Crippen LogP contribution is -2.40. The van der Waals surface area contributed by atoms with E-state index in [2.05, 4.69) is 0 Å². The minimum Gasteiger partial charge on any atom is -0.460 e. The molecule has 1 saturated heterocycles. The van der Waals surface area contributed by atoms with Crippen LogP contribution in [0.4, 0.5) is 13.2 Å². The summed E-state index contributed by atoms with van der Waals surface area (Å²) in [5, 5.41) is 0. The first-order valence-corrected chi connectivity index (χ1v) is 8.94. The molecule has 0 aromatic heterocycles. The van der Waals surface area contributed by atoms with Crippen LogP contribution < -0.4 is 0 Å². The van der Waals surface area contributed by atoms with E-state index in [9.17, 15) is 18.0 Å². The number of alkyl halides is 3. The van der Waals surface area contributed by atoms with Gasteiger partial charge in [0.1, 0.15) is 6.10 Å². The number of halogens is 3. The van der Waals surface area contributed by atoms with Gasteiger partial charge >= 0.3 is 12.1 Å². The van der Waals surface area contributed by atoms with Crippen molar-refractivity contribution in [2.45, 2.75) is 38.7 Å². The molecular formula is C20H25F3O4. The number of esters is 1. The maximum atomic E-state index is 12.3. The number of carbonyl (C=O) groups excluding carboxylic acids is 1. The first-order valence-electron chi connectivity index (χ1n) is 8.94. The van der Waals surface area contributed by atoms with Gasteiger partial charge in [0, 0.05) is 12.0 Å².